The molecule has 0 aromatic heterocycles. The van der Waals surface area contributed by atoms with E-state index in [0.717, 1.165) is 26.1 Å². The molecule has 7 heteroatoms. The molecule has 2 saturated heterocycles. The fourth-order valence-electron chi connectivity index (χ4n) is 3.34. The van der Waals surface area contributed by atoms with Gasteiger partial charge in [0.15, 0.2) is 0 Å². The van der Waals surface area contributed by atoms with Crippen molar-refractivity contribution in [2.24, 2.45) is 5.92 Å². The fraction of sp³-hybridized carbons (Fsp3) is 0.500. The number of nitrogens with zero attached hydrogens (tertiary/aromatic N) is 2. The van der Waals surface area contributed by atoms with Crippen LogP contribution in [0.4, 0.5) is 11.4 Å². The van der Waals surface area contributed by atoms with E-state index in [1.807, 2.05) is 0 Å². The molecule has 0 aliphatic carbocycles. The van der Waals surface area contributed by atoms with E-state index in [-0.39, 0.29) is 22.6 Å². The standard InChI is InChI=1S/C14H18N4O3/c1-15-14(19)9-2-3-11(18(20)21)12(6-9)17-5-4-10-7-16-8-13(10)17/h2-3,6,10,13,16H,4-5,7-8H2,1H3,(H,15,19)/t10-,13+/m0/s1. The van der Waals surface area contributed by atoms with Gasteiger partial charge in [-0.25, -0.2) is 0 Å². The van der Waals surface area contributed by atoms with Crippen molar-refractivity contribution < 1.29 is 9.72 Å². The molecule has 1 amide bonds. The van der Waals surface area contributed by atoms with Gasteiger partial charge in [-0.2, -0.15) is 0 Å². The van der Waals surface area contributed by atoms with Crippen molar-refractivity contribution in [3.05, 3.63) is 33.9 Å². The van der Waals surface area contributed by atoms with E-state index in [2.05, 4.69) is 15.5 Å². The van der Waals surface area contributed by atoms with Crippen molar-refractivity contribution in [2.75, 3.05) is 31.6 Å². The molecular weight excluding hydrogens is 272 g/mol. The Morgan fingerprint density at radius 3 is 3.00 bits per heavy atom. The molecular formula is C14H18N4O3. The van der Waals surface area contributed by atoms with Crippen LogP contribution in [0.15, 0.2) is 18.2 Å². The average Bonchev–Trinajstić information content (AvgIpc) is 3.08. The minimum atomic E-state index is -0.376. The van der Waals surface area contributed by atoms with Crippen LogP contribution in [0.2, 0.25) is 0 Å². The first kappa shape index (κ1) is 13.8. The molecule has 0 spiro atoms. The highest BCUT2D eigenvalue weighted by molar-refractivity contribution is 5.95. The topological polar surface area (TPSA) is 87.5 Å². The summed E-state index contributed by atoms with van der Waals surface area (Å²) in [6, 6.07) is 4.84. The lowest BCUT2D eigenvalue weighted by molar-refractivity contribution is -0.384. The molecule has 0 unspecified atom stereocenters. The van der Waals surface area contributed by atoms with Crippen LogP contribution < -0.4 is 15.5 Å². The Kier molecular flexibility index (Phi) is 3.50. The van der Waals surface area contributed by atoms with E-state index < -0.39 is 0 Å². The highest BCUT2D eigenvalue weighted by Gasteiger charge is 2.39. The van der Waals surface area contributed by atoms with Crippen LogP contribution in [0.3, 0.4) is 0 Å². The summed E-state index contributed by atoms with van der Waals surface area (Å²) in [6.07, 6.45) is 1.03. The van der Waals surface area contributed by atoms with Gasteiger partial charge in [0.25, 0.3) is 11.6 Å². The first-order valence-electron chi connectivity index (χ1n) is 7.09. The van der Waals surface area contributed by atoms with Gasteiger partial charge in [0, 0.05) is 44.4 Å². The maximum Gasteiger partial charge on any atom is 0.292 e. The summed E-state index contributed by atoms with van der Waals surface area (Å²) in [7, 11) is 1.55. The first-order chi connectivity index (χ1) is 10.1. The number of amides is 1. The highest BCUT2D eigenvalue weighted by Crippen LogP contribution is 2.37. The van der Waals surface area contributed by atoms with E-state index in [9.17, 15) is 14.9 Å². The summed E-state index contributed by atoms with van der Waals surface area (Å²) < 4.78 is 0. The van der Waals surface area contributed by atoms with Gasteiger partial charge in [0.1, 0.15) is 5.69 Å². The van der Waals surface area contributed by atoms with Crippen molar-refractivity contribution in [1.82, 2.24) is 10.6 Å². The molecule has 3 rings (SSSR count). The maximum atomic E-state index is 11.8. The van der Waals surface area contributed by atoms with Gasteiger partial charge in [-0.1, -0.05) is 0 Å². The van der Waals surface area contributed by atoms with Crippen LogP contribution in [0.25, 0.3) is 0 Å². The van der Waals surface area contributed by atoms with Crippen molar-refractivity contribution >= 4 is 17.3 Å². The number of nitro benzene ring substituents is 1. The molecule has 0 bridgehead atoms. The Labute approximate surface area is 122 Å². The van der Waals surface area contributed by atoms with Gasteiger partial charge in [-0.3, -0.25) is 14.9 Å². The minimum Gasteiger partial charge on any atom is -0.361 e. The predicted molar refractivity (Wildman–Crippen MR) is 78.6 cm³/mol. The van der Waals surface area contributed by atoms with Crippen LogP contribution in [-0.4, -0.2) is 43.6 Å². The van der Waals surface area contributed by atoms with Crippen LogP contribution in [0, 0.1) is 16.0 Å². The second kappa shape index (κ2) is 5.33. The quantitative estimate of drug-likeness (QED) is 0.633. The molecule has 2 N–H and O–H groups in total. The van der Waals surface area contributed by atoms with Crippen LogP contribution in [-0.2, 0) is 0 Å². The molecule has 2 aliphatic heterocycles. The van der Waals surface area contributed by atoms with Gasteiger partial charge < -0.3 is 15.5 Å². The third-order valence-electron chi connectivity index (χ3n) is 4.42. The summed E-state index contributed by atoms with van der Waals surface area (Å²) in [5.41, 5.74) is 1.07. The van der Waals surface area contributed by atoms with Gasteiger partial charge >= 0.3 is 0 Å². The predicted octanol–water partition coefficient (Wildman–Crippen LogP) is 0.752. The molecule has 7 nitrogen and oxygen atoms in total. The zero-order chi connectivity index (χ0) is 15.0. The van der Waals surface area contributed by atoms with Crippen LogP contribution >= 0.6 is 0 Å². The number of hydrogen-bond donors (Lipinski definition) is 2. The van der Waals surface area contributed by atoms with Crippen molar-refractivity contribution in [3.8, 4) is 0 Å². The second-order valence-electron chi connectivity index (χ2n) is 5.51. The molecule has 0 radical (unpaired) electrons. The molecule has 21 heavy (non-hydrogen) atoms. The number of rotatable bonds is 3. The van der Waals surface area contributed by atoms with E-state index in [0.29, 0.717) is 17.2 Å². The maximum absolute atomic E-state index is 11.8. The normalized spacial score (nSPS) is 24.0. The second-order valence-corrected chi connectivity index (χ2v) is 5.51. The lowest BCUT2D eigenvalue weighted by Crippen LogP contribution is -2.34. The number of hydrogen-bond acceptors (Lipinski definition) is 5. The fourth-order valence-corrected chi connectivity index (χ4v) is 3.34. The Hall–Kier alpha value is -2.15. The van der Waals surface area contributed by atoms with Crippen LogP contribution in [0.1, 0.15) is 16.8 Å². The van der Waals surface area contributed by atoms with Crippen molar-refractivity contribution in [3.63, 3.8) is 0 Å². The monoisotopic (exact) mass is 290 g/mol. The van der Waals surface area contributed by atoms with Gasteiger partial charge in [0.2, 0.25) is 0 Å². The Balaban J connectivity index is 2.02. The number of carbonyl (C=O) groups is 1. The number of nitro groups is 1. The number of nitrogens with one attached hydrogen (secondary N) is 2. The van der Waals surface area contributed by atoms with Crippen LogP contribution in [0.5, 0.6) is 0 Å². The summed E-state index contributed by atoms with van der Waals surface area (Å²) in [4.78, 5) is 24.8. The minimum absolute atomic E-state index is 0.0650. The van der Waals surface area contributed by atoms with Gasteiger partial charge in [-0.15, -0.1) is 0 Å². The van der Waals surface area contributed by atoms with Gasteiger partial charge in [0.05, 0.1) is 4.92 Å². The van der Waals surface area contributed by atoms with Crippen molar-refractivity contribution in [1.29, 1.82) is 0 Å². The largest absolute Gasteiger partial charge is 0.361 e. The number of anilines is 1. The molecule has 2 fully saturated rings. The zero-order valence-electron chi connectivity index (χ0n) is 11.8. The summed E-state index contributed by atoms with van der Waals surface area (Å²) in [5.74, 6) is 0.305. The Bertz CT molecular complexity index is 590. The molecule has 2 heterocycles. The highest BCUT2D eigenvalue weighted by atomic mass is 16.6. The molecule has 0 saturated carbocycles. The lowest BCUT2D eigenvalue weighted by atomic mass is 10.0. The Morgan fingerprint density at radius 2 is 2.29 bits per heavy atom. The molecule has 1 aromatic rings. The number of fused-ring (bicyclic) bond motifs is 1. The molecule has 2 atom stereocenters. The third kappa shape index (κ3) is 2.33. The Morgan fingerprint density at radius 1 is 1.48 bits per heavy atom. The van der Waals surface area contributed by atoms with Crippen molar-refractivity contribution in [2.45, 2.75) is 12.5 Å². The van der Waals surface area contributed by atoms with E-state index in [1.165, 1.54) is 12.1 Å². The molecule has 2 aliphatic rings. The van der Waals surface area contributed by atoms with Gasteiger partial charge in [-0.05, 0) is 24.5 Å². The molecule has 1 aromatic carbocycles. The summed E-state index contributed by atoms with van der Waals surface area (Å²) in [5, 5.41) is 17.2. The van der Waals surface area contributed by atoms with E-state index >= 15 is 0 Å². The third-order valence-corrected chi connectivity index (χ3v) is 4.42. The first-order valence-corrected chi connectivity index (χ1v) is 7.09. The molecule has 112 valence electrons. The average molecular weight is 290 g/mol. The summed E-state index contributed by atoms with van der Waals surface area (Å²) >= 11 is 0. The SMILES string of the molecule is CNC(=O)c1ccc([N+](=O)[O-])c(N2CC[C@H]3CNC[C@H]32)c1. The van der Waals surface area contributed by atoms with E-state index in [1.54, 1.807) is 13.1 Å². The number of carbonyl (C=O) groups excluding carboxylic acids is 1. The summed E-state index contributed by atoms with van der Waals surface area (Å²) in [6.45, 7) is 2.60. The smallest absolute Gasteiger partial charge is 0.292 e. The van der Waals surface area contributed by atoms with E-state index in [4.69, 9.17) is 0 Å². The zero-order valence-corrected chi connectivity index (χ0v) is 11.8. The number of benzene rings is 1. The lowest BCUT2D eigenvalue weighted by Gasteiger charge is -2.25.